The summed E-state index contributed by atoms with van der Waals surface area (Å²) in [5, 5.41) is 0. The number of hydrogen-bond acceptors (Lipinski definition) is 5. The van der Waals surface area contributed by atoms with Crippen molar-refractivity contribution in [3.05, 3.63) is 46.1 Å². The summed E-state index contributed by atoms with van der Waals surface area (Å²) < 4.78 is 26.8. The zero-order chi connectivity index (χ0) is 15.7. The third kappa shape index (κ3) is 2.90. The van der Waals surface area contributed by atoms with Gasteiger partial charge in [-0.05, 0) is 19.1 Å². The van der Waals surface area contributed by atoms with Crippen LogP contribution in [0.3, 0.4) is 0 Å². The van der Waals surface area contributed by atoms with Crippen LogP contribution in [0.4, 0.5) is 20.4 Å². The normalized spacial score (nSPS) is 15.2. The molecule has 3 rings (SSSR count). The van der Waals surface area contributed by atoms with Gasteiger partial charge in [-0.2, -0.15) is 9.97 Å². The summed E-state index contributed by atoms with van der Waals surface area (Å²) in [6.45, 7) is 3.88. The molecule has 1 aliphatic rings. The zero-order valence-corrected chi connectivity index (χ0v) is 12.0. The zero-order valence-electron chi connectivity index (χ0n) is 12.0. The van der Waals surface area contributed by atoms with Crippen molar-refractivity contribution in [3.63, 3.8) is 0 Å². The van der Waals surface area contributed by atoms with E-state index in [2.05, 4.69) is 15.0 Å². The van der Waals surface area contributed by atoms with Gasteiger partial charge in [-0.25, -0.2) is 13.6 Å². The van der Waals surface area contributed by atoms with Crippen molar-refractivity contribution in [2.75, 3.05) is 36.0 Å². The Balaban J connectivity index is 1.73. The van der Waals surface area contributed by atoms with Crippen LogP contribution in [0.15, 0.2) is 23.0 Å². The summed E-state index contributed by atoms with van der Waals surface area (Å²) in [5.74, 6) is -0.286. The number of benzene rings is 1. The van der Waals surface area contributed by atoms with Gasteiger partial charge < -0.3 is 9.80 Å². The number of H-pyrrole nitrogens is 1. The highest BCUT2D eigenvalue weighted by atomic mass is 19.1. The number of nitrogens with one attached hydrogen (secondary N) is 1. The van der Waals surface area contributed by atoms with E-state index in [0.717, 1.165) is 6.07 Å². The minimum atomic E-state index is -0.590. The Kier molecular flexibility index (Phi) is 3.74. The molecule has 0 unspecified atom stereocenters. The third-order valence-corrected chi connectivity index (χ3v) is 3.57. The summed E-state index contributed by atoms with van der Waals surface area (Å²) in [6.07, 6.45) is 0. The van der Waals surface area contributed by atoms with Crippen LogP contribution in [0.1, 0.15) is 5.82 Å². The maximum atomic E-state index is 13.8. The van der Waals surface area contributed by atoms with Gasteiger partial charge in [0.1, 0.15) is 17.5 Å². The maximum absolute atomic E-state index is 13.8. The fourth-order valence-corrected chi connectivity index (χ4v) is 2.50. The van der Waals surface area contributed by atoms with Gasteiger partial charge in [0.2, 0.25) is 5.95 Å². The number of anilines is 2. The SMILES string of the molecule is Cc1nc(N2CCN(c3ccc(F)cc3F)CC2)nc(=O)[nH]1. The topological polar surface area (TPSA) is 65.1 Å². The number of aryl methyl sites for hydroxylation is 1. The number of rotatable bonds is 2. The number of hydrogen-bond donors (Lipinski definition) is 1. The van der Waals surface area contributed by atoms with E-state index < -0.39 is 17.3 Å². The molecule has 1 fully saturated rings. The Hall–Kier alpha value is -2.51. The highest BCUT2D eigenvalue weighted by Gasteiger charge is 2.21. The predicted molar refractivity (Wildman–Crippen MR) is 78.2 cm³/mol. The summed E-state index contributed by atoms with van der Waals surface area (Å²) in [7, 11) is 0. The van der Waals surface area contributed by atoms with Gasteiger partial charge in [0, 0.05) is 32.2 Å². The number of aromatic nitrogens is 3. The minimum absolute atomic E-state index is 0.375. The van der Waals surface area contributed by atoms with Gasteiger partial charge in [0.05, 0.1) is 5.69 Å². The van der Waals surface area contributed by atoms with Crippen molar-refractivity contribution >= 4 is 11.6 Å². The Morgan fingerprint density at radius 2 is 1.77 bits per heavy atom. The van der Waals surface area contributed by atoms with E-state index in [1.54, 1.807) is 6.92 Å². The maximum Gasteiger partial charge on any atom is 0.349 e. The van der Waals surface area contributed by atoms with Crippen LogP contribution in [-0.2, 0) is 0 Å². The molecule has 0 amide bonds. The molecule has 1 N–H and O–H groups in total. The van der Waals surface area contributed by atoms with Crippen molar-refractivity contribution in [3.8, 4) is 0 Å². The number of aromatic amines is 1. The fraction of sp³-hybridized carbons (Fsp3) is 0.357. The molecule has 1 aromatic carbocycles. The second kappa shape index (κ2) is 5.70. The average molecular weight is 307 g/mol. The first-order valence-electron chi connectivity index (χ1n) is 6.93. The van der Waals surface area contributed by atoms with Crippen molar-refractivity contribution in [2.45, 2.75) is 6.92 Å². The highest BCUT2D eigenvalue weighted by Crippen LogP contribution is 2.22. The van der Waals surface area contributed by atoms with Crippen LogP contribution in [0.25, 0.3) is 0 Å². The van der Waals surface area contributed by atoms with Crippen molar-refractivity contribution in [1.29, 1.82) is 0 Å². The largest absolute Gasteiger partial charge is 0.366 e. The second-order valence-electron chi connectivity index (χ2n) is 5.11. The molecule has 22 heavy (non-hydrogen) atoms. The second-order valence-corrected chi connectivity index (χ2v) is 5.11. The van der Waals surface area contributed by atoms with Gasteiger partial charge in [-0.15, -0.1) is 0 Å². The summed E-state index contributed by atoms with van der Waals surface area (Å²) >= 11 is 0. The Bertz CT molecular complexity index is 740. The van der Waals surface area contributed by atoms with Crippen molar-refractivity contribution in [2.24, 2.45) is 0 Å². The molecule has 0 atom stereocenters. The molecule has 0 radical (unpaired) electrons. The molecule has 8 heteroatoms. The lowest BCUT2D eigenvalue weighted by Crippen LogP contribution is -2.48. The van der Waals surface area contributed by atoms with Crippen molar-refractivity contribution < 1.29 is 8.78 Å². The first-order valence-corrected chi connectivity index (χ1v) is 6.93. The molecule has 1 saturated heterocycles. The van der Waals surface area contributed by atoms with Crippen molar-refractivity contribution in [1.82, 2.24) is 15.0 Å². The minimum Gasteiger partial charge on any atom is -0.366 e. The summed E-state index contributed by atoms with van der Waals surface area (Å²) in [5.41, 5.74) is -0.0569. The molecule has 1 aliphatic heterocycles. The number of nitrogens with zero attached hydrogens (tertiary/aromatic N) is 4. The molecule has 6 nitrogen and oxygen atoms in total. The monoisotopic (exact) mass is 307 g/mol. The summed E-state index contributed by atoms with van der Waals surface area (Å²) in [4.78, 5) is 25.6. The third-order valence-electron chi connectivity index (χ3n) is 3.57. The van der Waals surface area contributed by atoms with E-state index in [9.17, 15) is 13.6 Å². The number of piperazine rings is 1. The van der Waals surface area contributed by atoms with E-state index in [1.165, 1.54) is 12.1 Å². The Morgan fingerprint density at radius 1 is 1.09 bits per heavy atom. The van der Waals surface area contributed by atoms with E-state index >= 15 is 0 Å². The summed E-state index contributed by atoms with van der Waals surface area (Å²) in [6, 6.07) is 3.56. The molecule has 0 aliphatic carbocycles. The van der Waals surface area contributed by atoms with Crippen LogP contribution in [0.2, 0.25) is 0 Å². The standard InChI is InChI=1S/C14H15F2N5O/c1-9-17-13(19-14(22)18-9)21-6-4-20(5-7-21)12-3-2-10(15)8-11(12)16/h2-3,8H,4-7H2,1H3,(H,17,18,19,22). The Labute approximate surface area is 125 Å². The molecule has 116 valence electrons. The fourth-order valence-electron chi connectivity index (χ4n) is 2.50. The Morgan fingerprint density at radius 3 is 2.41 bits per heavy atom. The first-order chi connectivity index (χ1) is 10.5. The quantitative estimate of drug-likeness (QED) is 0.899. The highest BCUT2D eigenvalue weighted by molar-refractivity contribution is 5.49. The van der Waals surface area contributed by atoms with Crippen LogP contribution in [-0.4, -0.2) is 41.1 Å². The van der Waals surface area contributed by atoms with E-state index in [0.29, 0.717) is 43.6 Å². The van der Waals surface area contributed by atoms with Crippen LogP contribution < -0.4 is 15.5 Å². The molecule has 0 bridgehead atoms. The van der Waals surface area contributed by atoms with Crippen LogP contribution in [0, 0.1) is 18.6 Å². The molecular formula is C14H15F2N5O. The van der Waals surface area contributed by atoms with E-state index in [1.807, 2.05) is 9.80 Å². The van der Waals surface area contributed by atoms with Gasteiger partial charge in [0.25, 0.3) is 0 Å². The molecule has 1 aromatic heterocycles. The van der Waals surface area contributed by atoms with E-state index in [4.69, 9.17) is 0 Å². The first kappa shape index (κ1) is 14.4. The molecule has 2 aromatic rings. The lowest BCUT2D eigenvalue weighted by Gasteiger charge is -2.36. The molecule has 0 saturated carbocycles. The molecule has 2 heterocycles. The van der Waals surface area contributed by atoms with Crippen LogP contribution in [0.5, 0.6) is 0 Å². The van der Waals surface area contributed by atoms with E-state index in [-0.39, 0.29) is 0 Å². The average Bonchev–Trinajstić information content (AvgIpc) is 2.46. The van der Waals surface area contributed by atoms with Gasteiger partial charge in [0.15, 0.2) is 0 Å². The lowest BCUT2D eigenvalue weighted by atomic mass is 10.2. The van der Waals surface area contributed by atoms with Crippen LogP contribution >= 0.6 is 0 Å². The predicted octanol–water partition coefficient (Wildman–Crippen LogP) is 1.08. The molecule has 0 spiro atoms. The molecular weight excluding hydrogens is 292 g/mol. The smallest absolute Gasteiger partial charge is 0.349 e. The van der Waals surface area contributed by atoms with Gasteiger partial charge >= 0.3 is 5.69 Å². The van der Waals surface area contributed by atoms with Gasteiger partial charge in [-0.3, -0.25) is 4.98 Å². The lowest BCUT2D eigenvalue weighted by molar-refractivity contribution is 0.568. The van der Waals surface area contributed by atoms with Gasteiger partial charge in [-0.1, -0.05) is 0 Å². The number of halogens is 2.